The van der Waals surface area contributed by atoms with Crippen LogP contribution in [0.4, 0.5) is 4.39 Å². The lowest BCUT2D eigenvalue weighted by Crippen LogP contribution is -1.81. The van der Waals surface area contributed by atoms with Crippen molar-refractivity contribution >= 4 is 0 Å². The van der Waals surface area contributed by atoms with Crippen LogP contribution in [-0.4, -0.2) is 6.54 Å². The molecule has 1 N–H and O–H groups in total. The molecule has 1 aromatic carbocycles. The molecule has 0 aliphatic carbocycles. The van der Waals surface area contributed by atoms with Crippen LogP contribution < -0.4 is 0 Å². The molecule has 0 saturated heterocycles. The van der Waals surface area contributed by atoms with Crippen molar-refractivity contribution in [2.24, 2.45) is 0 Å². The Morgan fingerprint density at radius 2 is 2.11 bits per heavy atom. The summed E-state index contributed by atoms with van der Waals surface area (Å²) in [5.41, 5.74) is 0.802. The van der Waals surface area contributed by atoms with Crippen LogP contribution in [0.2, 0.25) is 0 Å². The van der Waals surface area contributed by atoms with Crippen molar-refractivity contribution in [1.29, 1.82) is 1.43 Å². The standard InChI is InChI=1S/C7H7FO/c8-7-3-1-6(5-9)2-4-7/h1-4,9H,5H2/i9D. The fourth-order valence-corrected chi connectivity index (χ4v) is 0.581. The van der Waals surface area contributed by atoms with Gasteiger partial charge in [0.2, 0.25) is 1.43 Å². The molecule has 0 aliphatic rings. The van der Waals surface area contributed by atoms with E-state index in [1.165, 1.54) is 12.1 Å². The highest BCUT2D eigenvalue weighted by molar-refractivity contribution is 5.14. The van der Waals surface area contributed by atoms with Crippen molar-refractivity contribution in [1.82, 2.24) is 0 Å². The molecule has 2 heteroatoms. The van der Waals surface area contributed by atoms with E-state index in [1.807, 2.05) is 0 Å². The monoisotopic (exact) mass is 127 g/mol. The summed E-state index contributed by atoms with van der Waals surface area (Å²) in [4.78, 5) is 0. The average Bonchev–Trinajstić information content (AvgIpc) is 1.95. The molecule has 0 bridgehead atoms. The molecule has 0 aromatic heterocycles. The van der Waals surface area contributed by atoms with E-state index in [-0.39, 0.29) is 12.4 Å². The average molecular weight is 127 g/mol. The molecule has 0 fully saturated rings. The van der Waals surface area contributed by atoms with Gasteiger partial charge in [-0.2, -0.15) is 0 Å². The molecule has 0 spiro atoms. The van der Waals surface area contributed by atoms with E-state index in [1.54, 1.807) is 12.1 Å². The Balaban J connectivity index is 2.69. The third-order valence-corrected chi connectivity index (χ3v) is 1.08. The summed E-state index contributed by atoms with van der Waals surface area (Å²) in [5.74, 6) is -0.270. The molecule has 1 rings (SSSR count). The number of aliphatic hydroxyl groups is 1. The van der Waals surface area contributed by atoms with Gasteiger partial charge in [-0.25, -0.2) is 4.39 Å². The van der Waals surface area contributed by atoms with Gasteiger partial charge in [-0.3, -0.25) is 0 Å². The van der Waals surface area contributed by atoms with Gasteiger partial charge in [0.05, 0.1) is 6.61 Å². The smallest absolute Gasteiger partial charge is 0.211 e. The number of halogens is 1. The molecule has 0 unspecified atom stereocenters. The van der Waals surface area contributed by atoms with Crippen molar-refractivity contribution in [3.63, 3.8) is 0 Å². The normalized spacial score (nSPS) is 11.0. The Hall–Kier alpha value is -0.890. The number of hydrogen-bond acceptors (Lipinski definition) is 1. The summed E-state index contributed by atoms with van der Waals surface area (Å²) >= 11 is 0. The minimum Gasteiger partial charge on any atom is -0.392 e. The third kappa shape index (κ3) is 1.50. The molecule has 0 heterocycles. The Morgan fingerprint density at radius 1 is 1.44 bits per heavy atom. The van der Waals surface area contributed by atoms with Gasteiger partial charge in [-0.05, 0) is 17.7 Å². The van der Waals surface area contributed by atoms with E-state index in [9.17, 15) is 4.39 Å². The molecule has 1 aromatic rings. The Bertz CT molecular complexity index is 197. The largest absolute Gasteiger partial charge is 0.392 e. The lowest BCUT2D eigenvalue weighted by atomic mass is 10.2. The Morgan fingerprint density at radius 3 is 2.67 bits per heavy atom. The van der Waals surface area contributed by atoms with Crippen molar-refractivity contribution < 1.29 is 9.50 Å². The molecule has 0 saturated carbocycles. The molecule has 0 radical (unpaired) electrons. The zero-order valence-electron chi connectivity index (χ0n) is 5.80. The predicted octanol–water partition coefficient (Wildman–Crippen LogP) is 1.32. The topological polar surface area (TPSA) is 20.2 Å². The zero-order chi connectivity index (χ0) is 7.40. The fraction of sp³-hybridized carbons (Fsp3) is 0.143. The summed E-state index contributed by atoms with van der Waals surface area (Å²) < 4.78 is 18.6. The van der Waals surface area contributed by atoms with E-state index in [4.69, 9.17) is 1.43 Å². The first-order valence-corrected chi connectivity index (χ1v) is 2.65. The van der Waals surface area contributed by atoms with Crippen LogP contribution in [0, 0.1) is 5.82 Å². The summed E-state index contributed by atoms with van der Waals surface area (Å²) in [6.45, 7) is 0.209. The quantitative estimate of drug-likeness (QED) is 0.635. The van der Waals surface area contributed by atoms with Crippen molar-refractivity contribution in [2.45, 2.75) is 6.61 Å². The first kappa shape index (κ1) is 4.94. The van der Waals surface area contributed by atoms with Crippen LogP contribution in [0.5, 0.6) is 0 Å². The maximum Gasteiger partial charge on any atom is 0.211 e. The second kappa shape index (κ2) is 2.60. The summed E-state index contributed by atoms with van der Waals surface area (Å²) in [5, 5.41) is 4.10. The fourth-order valence-electron chi connectivity index (χ4n) is 0.581. The van der Waals surface area contributed by atoms with Gasteiger partial charge in [0.1, 0.15) is 5.82 Å². The highest BCUT2D eigenvalue weighted by atomic mass is 19.1. The van der Waals surface area contributed by atoms with Crippen LogP contribution in [0.3, 0.4) is 0 Å². The molecule has 48 valence electrons. The van der Waals surface area contributed by atoms with E-state index >= 15 is 0 Å². The summed E-state index contributed by atoms with van der Waals surface area (Å²) in [6.07, 6.45) is 0. The van der Waals surface area contributed by atoms with Gasteiger partial charge in [0.15, 0.2) is 0 Å². The number of aliphatic hydroxyl groups excluding tert-OH is 1. The Labute approximate surface area is 54.2 Å². The van der Waals surface area contributed by atoms with Crippen LogP contribution in [0.25, 0.3) is 0 Å². The Kier molecular flexibility index (Phi) is 1.43. The molecular formula is C7H7FO. The van der Waals surface area contributed by atoms with Gasteiger partial charge in [0, 0.05) is 0 Å². The number of benzene rings is 1. The van der Waals surface area contributed by atoms with E-state index < -0.39 is 0 Å². The minimum absolute atomic E-state index is 0.209. The van der Waals surface area contributed by atoms with Gasteiger partial charge >= 0.3 is 0 Å². The molecule has 0 amide bonds. The number of hydrogen-bond donors (Lipinski definition) is 1. The lowest BCUT2D eigenvalue weighted by Gasteiger charge is -1.91. The first-order valence-electron chi connectivity index (χ1n) is 3.06. The first-order chi connectivity index (χ1) is 4.83. The highest BCUT2D eigenvalue weighted by Crippen LogP contribution is 2.00. The van der Waals surface area contributed by atoms with Crippen LogP contribution in [-0.2, 0) is 6.61 Å². The number of rotatable bonds is 2. The second-order valence-electron chi connectivity index (χ2n) is 1.77. The highest BCUT2D eigenvalue weighted by Gasteiger charge is 1.88. The van der Waals surface area contributed by atoms with Crippen molar-refractivity contribution in [3.05, 3.63) is 35.6 Å². The molecule has 9 heavy (non-hydrogen) atoms. The molecule has 0 atom stereocenters. The van der Waals surface area contributed by atoms with E-state index in [2.05, 4.69) is 5.11 Å². The van der Waals surface area contributed by atoms with Gasteiger partial charge in [-0.1, -0.05) is 12.1 Å². The lowest BCUT2D eigenvalue weighted by molar-refractivity contribution is 0.281. The molecule has 0 aliphatic heterocycles. The summed E-state index contributed by atoms with van der Waals surface area (Å²) in [7, 11) is 0. The van der Waals surface area contributed by atoms with Crippen LogP contribution >= 0.6 is 0 Å². The minimum atomic E-state index is -0.270. The van der Waals surface area contributed by atoms with Crippen LogP contribution in [0.15, 0.2) is 24.3 Å². The molecule has 1 nitrogen and oxygen atoms in total. The molecular weight excluding hydrogens is 119 g/mol. The van der Waals surface area contributed by atoms with Gasteiger partial charge < -0.3 is 5.11 Å². The van der Waals surface area contributed by atoms with Gasteiger partial charge in [-0.15, -0.1) is 0 Å². The maximum atomic E-state index is 12.2. The van der Waals surface area contributed by atoms with Crippen molar-refractivity contribution in [2.75, 3.05) is 0 Å². The van der Waals surface area contributed by atoms with Crippen LogP contribution in [0.1, 0.15) is 5.56 Å². The maximum absolute atomic E-state index is 12.2. The zero-order valence-corrected chi connectivity index (χ0v) is 4.80. The second-order valence-corrected chi connectivity index (χ2v) is 1.77. The SMILES string of the molecule is [2H]OCc1ccc(F)cc1. The predicted molar refractivity (Wildman–Crippen MR) is 32.3 cm³/mol. The third-order valence-electron chi connectivity index (χ3n) is 1.08. The van der Waals surface area contributed by atoms with E-state index in [0.717, 1.165) is 5.56 Å². The van der Waals surface area contributed by atoms with Gasteiger partial charge in [0.25, 0.3) is 0 Å². The van der Waals surface area contributed by atoms with E-state index in [0.29, 0.717) is 0 Å². The summed E-state index contributed by atoms with van der Waals surface area (Å²) in [6, 6.07) is 5.86. The van der Waals surface area contributed by atoms with Crippen molar-refractivity contribution in [3.8, 4) is 0 Å².